The molecule has 0 spiro atoms. The zero-order valence-corrected chi connectivity index (χ0v) is 11.3. The van der Waals surface area contributed by atoms with Gasteiger partial charge in [0.1, 0.15) is 5.69 Å². The van der Waals surface area contributed by atoms with Crippen molar-refractivity contribution in [3.8, 4) is 0 Å². The van der Waals surface area contributed by atoms with Crippen LogP contribution in [-0.4, -0.2) is 37.9 Å². The number of carbonyl (C=O) groups excluding carboxylic acids is 2. The fourth-order valence-corrected chi connectivity index (χ4v) is 1.58. The summed E-state index contributed by atoms with van der Waals surface area (Å²) >= 11 is 0. The van der Waals surface area contributed by atoms with Crippen molar-refractivity contribution in [2.75, 3.05) is 11.9 Å². The second-order valence-corrected chi connectivity index (χ2v) is 4.16. The Morgan fingerprint density at radius 1 is 1.25 bits per heavy atom. The summed E-state index contributed by atoms with van der Waals surface area (Å²) in [6, 6.07) is 3.28. The first-order valence-electron chi connectivity index (χ1n) is 6.19. The Kier molecular flexibility index (Phi) is 4.14. The Labute approximate surface area is 115 Å². The minimum Gasteiger partial charge on any atom is -0.342 e. The molecule has 0 bridgehead atoms. The minimum atomic E-state index is -0.389. The fourth-order valence-electron chi connectivity index (χ4n) is 1.58. The average Bonchev–Trinajstić information content (AvgIpc) is 3.05. The van der Waals surface area contributed by atoms with Gasteiger partial charge in [-0.1, -0.05) is 0 Å². The molecule has 0 atom stereocenters. The molecule has 0 aromatic carbocycles. The van der Waals surface area contributed by atoms with E-state index in [0.29, 0.717) is 5.82 Å². The second kappa shape index (κ2) is 6.00. The quantitative estimate of drug-likeness (QED) is 0.804. The summed E-state index contributed by atoms with van der Waals surface area (Å²) < 4.78 is 3.22. The monoisotopic (exact) mass is 276 g/mol. The average molecular weight is 276 g/mol. The zero-order chi connectivity index (χ0) is 14.5. The second-order valence-electron chi connectivity index (χ2n) is 4.16. The van der Waals surface area contributed by atoms with Gasteiger partial charge in [0.05, 0.1) is 6.54 Å². The highest BCUT2D eigenvalue weighted by Crippen LogP contribution is 2.01. The standard InChI is InChI=1S/C12H16N6O2/c1-3-18-7-5-10(16-18)14-11(19)8-13-12(20)9-4-6-17(2)15-9/h4-7H,3,8H2,1-2H3,(H,13,20)(H,14,16,19). The Morgan fingerprint density at radius 3 is 2.65 bits per heavy atom. The molecule has 0 unspecified atom stereocenters. The maximum Gasteiger partial charge on any atom is 0.272 e. The van der Waals surface area contributed by atoms with Gasteiger partial charge >= 0.3 is 0 Å². The Morgan fingerprint density at radius 2 is 2.05 bits per heavy atom. The third kappa shape index (κ3) is 3.44. The number of rotatable bonds is 5. The molecule has 0 aliphatic carbocycles. The van der Waals surface area contributed by atoms with E-state index in [9.17, 15) is 9.59 Å². The molecule has 2 amide bonds. The molecule has 2 rings (SSSR count). The first kappa shape index (κ1) is 13.8. The molecule has 0 aliphatic rings. The number of hydrogen-bond acceptors (Lipinski definition) is 4. The van der Waals surface area contributed by atoms with Crippen molar-refractivity contribution in [2.45, 2.75) is 13.5 Å². The van der Waals surface area contributed by atoms with Crippen LogP contribution in [0.2, 0.25) is 0 Å². The normalized spacial score (nSPS) is 10.3. The molecule has 0 radical (unpaired) electrons. The van der Waals surface area contributed by atoms with E-state index in [1.807, 2.05) is 6.92 Å². The highest BCUT2D eigenvalue weighted by atomic mass is 16.2. The summed E-state index contributed by atoms with van der Waals surface area (Å²) in [4.78, 5) is 23.3. The van der Waals surface area contributed by atoms with E-state index in [0.717, 1.165) is 6.54 Å². The number of anilines is 1. The maximum absolute atomic E-state index is 11.7. The number of aromatic nitrogens is 4. The lowest BCUT2D eigenvalue weighted by atomic mass is 10.4. The molecule has 8 nitrogen and oxygen atoms in total. The Balaban J connectivity index is 1.81. The summed E-state index contributed by atoms with van der Waals surface area (Å²) in [6.45, 7) is 2.55. The molecule has 0 saturated carbocycles. The van der Waals surface area contributed by atoms with Crippen molar-refractivity contribution in [3.05, 3.63) is 30.2 Å². The van der Waals surface area contributed by atoms with E-state index in [1.54, 1.807) is 36.3 Å². The SMILES string of the molecule is CCn1ccc(NC(=O)CNC(=O)c2ccn(C)n2)n1. The molecular weight excluding hydrogens is 260 g/mol. The maximum atomic E-state index is 11.7. The van der Waals surface area contributed by atoms with E-state index in [1.165, 1.54) is 4.68 Å². The van der Waals surface area contributed by atoms with Crippen LogP contribution in [0.5, 0.6) is 0 Å². The van der Waals surface area contributed by atoms with Crippen LogP contribution >= 0.6 is 0 Å². The molecule has 0 aliphatic heterocycles. The first-order valence-corrected chi connectivity index (χ1v) is 6.19. The van der Waals surface area contributed by atoms with E-state index < -0.39 is 0 Å². The van der Waals surface area contributed by atoms with Crippen molar-refractivity contribution in [2.24, 2.45) is 7.05 Å². The van der Waals surface area contributed by atoms with Gasteiger partial charge in [0.2, 0.25) is 5.91 Å². The van der Waals surface area contributed by atoms with Crippen LogP contribution in [0.15, 0.2) is 24.5 Å². The first-order chi connectivity index (χ1) is 9.58. The Hall–Kier alpha value is -2.64. The summed E-state index contributed by atoms with van der Waals surface area (Å²) in [7, 11) is 1.72. The predicted molar refractivity (Wildman–Crippen MR) is 72.1 cm³/mol. The number of hydrogen-bond donors (Lipinski definition) is 2. The van der Waals surface area contributed by atoms with Gasteiger partial charge in [-0.3, -0.25) is 19.0 Å². The number of aryl methyl sites for hydroxylation is 2. The van der Waals surface area contributed by atoms with Crippen LogP contribution in [0.1, 0.15) is 17.4 Å². The van der Waals surface area contributed by atoms with Crippen LogP contribution in [0.4, 0.5) is 5.82 Å². The molecule has 2 heterocycles. The highest BCUT2D eigenvalue weighted by Gasteiger charge is 2.11. The molecule has 0 saturated heterocycles. The van der Waals surface area contributed by atoms with Gasteiger partial charge in [0.15, 0.2) is 5.82 Å². The van der Waals surface area contributed by atoms with Crippen LogP contribution in [0.3, 0.4) is 0 Å². The summed E-state index contributed by atoms with van der Waals surface area (Å²) in [5.74, 6) is -0.264. The number of nitrogens with zero attached hydrogens (tertiary/aromatic N) is 4. The van der Waals surface area contributed by atoms with E-state index in [-0.39, 0.29) is 24.1 Å². The number of carbonyl (C=O) groups is 2. The fraction of sp³-hybridized carbons (Fsp3) is 0.333. The molecule has 0 fully saturated rings. The van der Waals surface area contributed by atoms with Gasteiger partial charge in [-0.2, -0.15) is 10.2 Å². The van der Waals surface area contributed by atoms with Crippen LogP contribution in [0, 0.1) is 0 Å². The van der Waals surface area contributed by atoms with Gasteiger partial charge < -0.3 is 10.6 Å². The smallest absolute Gasteiger partial charge is 0.272 e. The molecule has 2 aromatic rings. The van der Waals surface area contributed by atoms with Crippen LogP contribution in [-0.2, 0) is 18.4 Å². The lowest BCUT2D eigenvalue weighted by Crippen LogP contribution is -2.33. The largest absolute Gasteiger partial charge is 0.342 e. The zero-order valence-electron chi connectivity index (χ0n) is 11.3. The van der Waals surface area contributed by atoms with Gasteiger partial charge in [-0.15, -0.1) is 0 Å². The van der Waals surface area contributed by atoms with Crippen molar-refractivity contribution < 1.29 is 9.59 Å². The van der Waals surface area contributed by atoms with Gasteiger partial charge in [0, 0.05) is 32.1 Å². The predicted octanol–water partition coefficient (Wildman–Crippen LogP) is 0.00500. The molecule has 106 valence electrons. The highest BCUT2D eigenvalue weighted by molar-refractivity contribution is 5.97. The van der Waals surface area contributed by atoms with Gasteiger partial charge in [0.25, 0.3) is 5.91 Å². The molecular formula is C12H16N6O2. The topological polar surface area (TPSA) is 93.8 Å². The molecule has 8 heteroatoms. The Bertz CT molecular complexity index is 615. The molecule has 20 heavy (non-hydrogen) atoms. The number of amides is 2. The van der Waals surface area contributed by atoms with Crippen LogP contribution < -0.4 is 10.6 Å². The van der Waals surface area contributed by atoms with Crippen molar-refractivity contribution >= 4 is 17.6 Å². The van der Waals surface area contributed by atoms with Crippen molar-refractivity contribution in [1.82, 2.24) is 24.9 Å². The molecule has 2 aromatic heterocycles. The lowest BCUT2D eigenvalue weighted by Gasteiger charge is -2.03. The summed E-state index contributed by atoms with van der Waals surface area (Å²) in [5.41, 5.74) is 0.274. The van der Waals surface area contributed by atoms with Crippen molar-refractivity contribution in [3.63, 3.8) is 0 Å². The van der Waals surface area contributed by atoms with Crippen LogP contribution in [0.25, 0.3) is 0 Å². The summed E-state index contributed by atoms with van der Waals surface area (Å²) in [5, 5.41) is 13.1. The third-order valence-corrected chi connectivity index (χ3v) is 2.59. The van der Waals surface area contributed by atoms with E-state index in [4.69, 9.17) is 0 Å². The third-order valence-electron chi connectivity index (χ3n) is 2.59. The van der Waals surface area contributed by atoms with E-state index >= 15 is 0 Å². The van der Waals surface area contributed by atoms with Gasteiger partial charge in [-0.25, -0.2) is 0 Å². The minimum absolute atomic E-state index is 0.131. The summed E-state index contributed by atoms with van der Waals surface area (Å²) in [6.07, 6.45) is 3.43. The number of nitrogens with one attached hydrogen (secondary N) is 2. The van der Waals surface area contributed by atoms with Gasteiger partial charge in [-0.05, 0) is 13.0 Å². The van der Waals surface area contributed by atoms with E-state index in [2.05, 4.69) is 20.8 Å². The van der Waals surface area contributed by atoms with Crippen molar-refractivity contribution in [1.29, 1.82) is 0 Å². The lowest BCUT2D eigenvalue weighted by molar-refractivity contribution is -0.115. The molecule has 2 N–H and O–H groups in total.